The Labute approximate surface area is 169 Å². The molecule has 2 aromatic carbocycles. The van der Waals surface area contributed by atoms with Crippen LogP contribution in [0.3, 0.4) is 0 Å². The third kappa shape index (κ3) is 3.21. The van der Waals surface area contributed by atoms with Gasteiger partial charge in [0, 0.05) is 0 Å². The largest absolute Gasteiger partial charge is 0.493 e. The van der Waals surface area contributed by atoms with E-state index in [2.05, 4.69) is 20.6 Å². The summed E-state index contributed by atoms with van der Waals surface area (Å²) >= 11 is 0. The molecule has 0 aliphatic carbocycles. The van der Waals surface area contributed by atoms with Crippen LogP contribution in [0.2, 0.25) is 0 Å². The van der Waals surface area contributed by atoms with Gasteiger partial charge in [0.05, 0.1) is 31.3 Å². The maximum absolute atomic E-state index is 13.5. The lowest BCUT2D eigenvalue weighted by molar-refractivity contribution is 0.0936. The first-order valence-electron chi connectivity index (χ1n) is 9.02. The molecule has 0 aliphatic rings. The molecule has 4 aromatic rings. The number of hydrogen-bond acceptors (Lipinski definition) is 6. The summed E-state index contributed by atoms with van der Waals surface area (Å²) in [7, 11) is 3.06. The molecule has 0 fully saturated rings. The summed E-state index contributed by atoms with van der Waals surface area (Å²) < 4.78 is 25.2. The van der Waals surface area contributed by atoms with E-state index in [1.54, 1.807) is 25.1 Å². The lowest BCUT2D eigenvalue weighted by atomic mass is 10.1. The van der Waals surface area contributed by atoms with Gasteiger partial charge in [0.2, 0.25) is 0 Å². The van der Waals surface area contributed by atoms with Gasteiger partial charge in [-0.1, -0.05) is 11.3 Å². The number of benzene rings is 2. The van der Waals surface area contributed by atoms with Crippen LogP contribution in [0.25, 0.3) is 16.6 Å². The number of ether oxygens (including phenoxy) is 2. The van der Waals surface area contributed by atoms with E-state index in [1.807, 2.05) is 0 Å². The Balaban J connectivity index is 1.68. The first-order valence-corrected chi connectivity index (χ1v) is 9.02. The van der Waals surface area contributed by atoms with Gasteiger partial charge in [-0.25, -0.2) is 8.91 Å². The zero-order valence-corrected chi connectivity index (χ0v) is 16.4. The summed E-state index contributed by atoms with van der Waals surface area (Å²) in [4.78, 5) is 27.9. The number of aromatic amines is 1. The van der Waals surface area contributed by atoms with Crippen LogP contribution >= 0.6 is 0 Å². The number of carbonyl (C=O) groups excluding carboxylic acids is 1. The Morgan fingerprint density at radius 3 is 2.67 bits per heavy atom. The van der Waals surface area contributed by atoms with E-state index in [-0.39, 0.29) is 16.7 Å². The van der Waals surface area contributed by atoms with Gasteiger partial charge in [-0.15, -0.1) is 5.10 Å². The van der Waals surface area contributed by atoms with Crippen molar-refractivity contribution in [2.75, 3.05) is 14.2 Å². The molecule has 0 aliphatic heterocycles. The molecular weight excluding hydrogens is 393 g/mol. The second kappa shape index (κ2) is 7.47. The number of methoxy groups -OCH3 is 2. The molecule has 10 heteroatoms. The second-order valence-electron chi connectivity index (χ2n) is 6.62. The molecule has 30 heavy (non-hydrogen) atoms. The van der Waals surface area contributed by atoms with Crippen LogP contribution < -0.4 is 20.3 Å². The third-order valence-electron chi connectivity index (χ3n) is 4.79. The standard InChI is InChI=1S/C20H18FN5O4/c1-10(11-4-7-15(29-2)16(8-11)30-3)22-19(27)17-18-20(28)23-13-9-12(21)5-6-14(13)26(18)25-24-17/h4-10H,1-3H3,(H,22,27)(H,23,28). The molecule has 1 unspecified atom stereocenters. The van der Waals surface area contributed by atoms with Gasteiger partial charge in [-0.3, -0.25) is 9.59 Å². The highest BCUT2D eigenvalue weighted by molar-refractivity contribution is 5.99. The fourth-order valence-electron chi connectivity index (χ4n) is 3.25. The Hall–Kier alpha value is -3.95. The zero-order valence-electron chi connectivity index (χ0n) is 16.4. The van der Waals surface area contributed by atoms with E-state index in [0.29, 0.717) is 17.0 Å². The summed E-state index contributed by atoms with van der Waals surface area (Å²) in [6.07, 6.45) is 0. The number of nitrogens with one attached hydrogen (secondary N) is 2. The molecular formula is C20H18FN5O4. The van der Waals surface area contributed by atoms with Gasteiger partial charge in [-0.2, -0.15) is 0 Å². The van der Waals surface area contributed by atoms with Gasteiger partial charge >= 0.3 is 0 Å². The van der Waals surface area contributed by atoms with Crippen LogP contribution in [0.5, 0.6) is 11.5 Å². The molecule has 154 valence electrons. The highest BCUT2D eigenvalue weighted by atomic mass is 19.1. The number of carbonyl (C=O) groups is 1. The van der Waals surface area contributed by atoms with Gasteiger partial charge in [0.15, 0.2) is 22.7 Å². The summed E-state index contributed by atoms with van der Waals surface area (Å²) in [6.45, 7) is 1.78. The lowest BCUT2D eigenvalue weighted by Gasteiger charge is -2.16. The summed E-state index contributed by atoms with van der Waals surface area (Å²) in [5.41, 5.74) is 0.698. The van der Waals surface area contributed by atoms with Crippen molar-refractivity contribution < 1.29 is 18.7 Å². The van der Waals surface area contributed by atoms with Crippen molar-refractivity contribution in [2.24, 2.45) is 0 Å². The molecule has 0 radical (unpaired) electrons. The molecule has 0 saturated heterocycles. The van der Waals surface area contributed by atoms with Crippen molar-refractivity contribution in [3.63, 3.8) is 0 Å². The number of nitrogens with zero attached hydrogens (tertiary/aromatic N) is 3. The van der Waals surface area contributed by atoms with E-state index in [4.69, 9.17) is 9.47 Å². The van der Waals surface area contributed by atoms with Crippen molar-refractivity contribution in [3.8, 4) is 11.5 Å². The predicted octanol–water partition coefficient (Wildman–Crippen LogP) is 2.22. The number of fused-ring (bicyclic) bond motifs is 3. The molecule has 2 heterocycles. The highest BCUT2D eigenvalue weighted by Gasteiger charge is 2.22. The van der Waals surface area contributed by atoms with Crippen molar-refractivity contribution in [1.29, 1.82) is 0 Å². The molecule has 4 rings (SSSR count). The van der Waals surface area contributed by atoms with Crippen LogP contribution in [-0.2, 0) is 0 Å². The number of rotatable bonds is 5. The van der Waals surface area contributed by atoms with Crippen molar-refractivity contribution in [3.05, 3.63) is 63.8 Å². The van der Waals surface area contributed by atoms with E-state index in [9.17, 15) is 14.0 Å². The fourth-order valence-corrected chi connectivity index (χ4v) is 3.25. The molecule has 2 aromatic heterocycles. The van der Waals surface area contributed by atoms with Crippen molar-refractivity contribution >= 4 is 22.5 Å². The maximum Gasteiger partial charge on any atom is 0.277 e. The minimum Gasteiger partial charge on any atom is -0.493 e. The second-order valence-corrected chi connectivity index (χ2v) is 6.62. The molecule has 1 atom stereocenters. The average molecular weight is 411 g/mol. The summed E-state index contributed by atoms with van der Waals surface area (Å²) in [5.74, 6) is 0.0258. The van der Waals surface area contributed by atoms with Crippen LogP contribution in [0.4, 0.5) is 4.39 Å². The van der Waals surface area contributed by atoms with Gasteiger partial charge < -0.3 is 19.8 Å². The van der Waals surface area contributed by atoms with Crippen molar-refractivity contribution in [2.45, 2.75) is 13.0 Å². The topological polar surface area (TPSA) is 111 Å². The number of halogens is 1. The zero-order chi connectivity index (χ0) is 21.4. The smallest absolute Gasteiger partial charge is 0.277 e. The third-order valence-corrected chi connectivity index (χ3v) is 4.79. The molecule has 0 saturated carbocycles. The van der Waals surface area contributed by atoms with Crippen molar-refractivity contribution in [1.82, 2.24) is 25.1 Å². The molecule has 1 amide bonds. The molecule has 0 bridgehead atoms. The fraction of sp³-hybridized carbons (Fsp3) is 0.200. The minimum atomic E-state index is -0.595. The van der Waals surface area contributed by atoms with Crippen LogP contribution in [0.1, 0.15) is 29.0 Å². The Kier molecular flexibility index (Phi) is 4.82. The molecule has 9 nitrogen and oxygen atoms in total. The number of hydrogen-bond donors (Lipinski definition) is 2. The maximum atomic E-state index is 13.5. The predicted molar refractivity (Wildman–Crippen MR) is 106 cm³/mol. The summed E-state index contributed by atoms with van der Waals surface area (Å²) in [5, 5.41) is 10.6. The van der Waals surface area contributed by atoms with Crippen LogP contribution in [0.15, 0.2) is 41.2 Å². The molecule has 2 N–H and O–H groups in total. The van der Waals surface area contributed by atoms with Crippen LogP contribution in [-0.4, -0.2) is 39.9 Å². The monoisotopic (exact) mass is 411 g/mol. The summed E-state index contributed by atoms with van der Waals surface area (Å²) in [6, 6.07) is 8.74. The normalized spacial score (nSPS) is 12.1. The van der Waals surface area contributed by atoms with E-state index >= 15 is 0 Å². The van der Waals surface area contributed by atoms with Gasteiger partial charge in [-0.05, 0) is 42.8 Å². The Morgan fingerprint density at radius 1 is 1.17 bits per heavy atom. The van der Waals surface area contributed by atoms with Gasteiger partial charge in [0.25, 0.3) is 11.5 Å². The van der Waals surface area contributed by atoms with E-state index in [0.717, 1.165) is 5.56 Å². The highest BCUT2D eigenvalue weighted by Crippen LogP contribution is 2.30. The van der Waals surface area contributed by atoms with E-state index < -0.39 is 23.3 Å². The minimum absolute atomic E-state index is 0.0221. The first kappa shape index (κ1) is 19.4. The molecule has 0 spiro atoms. The number of amides is 1. The number of aromatic nitrogens is 4. The number of H-pyrrole nitrogens is 1. The Bertz CT molecular complexity index is 1330. The quantitative estimate of drug-likeness (QED) is 0.521. The SMILES string of the molecule is COc1ccc(C(C)NC(=O)c2nnn3c2c(=O)[nH]c2cc(F)ccc23)cc1OC. The van der Waals surface area contributed by atoms with Crippen LogP contribution in [0, 0.1) is 5.82 Å². The Morgan fingerprint density at radius 2 is 1.93 bits per heavy atom. The first-order chi connectivity index (χ1) is 14.4. The van der Waals surface area contributed by atoms with E-state index in [1.165, 1.54) is 36.9 Å². The average Bonchev–Trinajstić information content (AvgIpc) is 3.19. The lowest BCUT2D eigenvalue weighted by Crippen LogP contribution is -2.28. The van der Waals surface area contributed by atoms with Gasteiger partial charge in [0.1, 0.15) is 5.82 Å².